The second kappa shape index (κ2) is 8.48. The minimum atomic E-state index is 0.905. The van der Waals surface area contributed by atoms with E-state index in [1.165, 1.54) is 58.5 Å². The minimum absolute atomic E-state index is 0.905. The van der Waals surface area contributed by atoms with Gasteiger partial charge in [-0.05, 0) is 25.4 Å². The van der Waals surface area contributed by atoms with E-state index in [9.17, 15) is 0 Å². The molecule has 3 heteroatoms. The number of nitrogens with zero attached hydrogens (tertiary/aromatic N) is 2. The lowest BCUT2D eigenvalue weighted by Gasteiger charge is -2.25. The number of hydrogen-bond acceptors (Lipinski definition) is 2. The summed E-state index contributed by atoms with van der Waals surface area (Å²) in [7, 11) is 0. The monoisotopic (exact) mass is 290 g/mol. The molecule has 1 heterocycles. The zero-order valence-electron chi connectivity index (χ0n) is 10.9. The van der Waals surface area contributed by atoms with Gasteiger partial charge in [0.15, 0.2) is 0 Å². The molecule has 96 valence electrons. The van der Waals surface area contributed by atoms with Crippen LogP contribution in [-0.4, -0.2) is 54.4 Å². The van der Waals surface area contributed by atoms with Crippen LogP contribution in [0.2, 0.25) is 0 Å². The van der Waals surface area contributed by atoms with Crippen LogP contribution in [0.3, 0.4) is 0 Å². The standard InChI is InChI=1S/C13H27BrN2/c1-3-13(4-2)12-16-8-5-7-15(9-6-14)10-11-16/h13H,3-12H2,1-2H3. The lowest BCUT2D eigenvalue weighted by atomic mass is 10.0. The van der Waals surface area contributed by atoms with Gasteiger partial charge < -0.3 is 9.80 Å². The summed E-state index contributed by atoms with van der Waals surface area (Å²) in [4.78, 5) is 5.26. The summed E-state index contributed by atoms with van der Waals surface area (Å²) in [5.41, 5.74) is 0. The van der Waals surface area contributed by atoms with Gasteiger partial charge in [-0.3, -0.25) is 0 Å². The number of alkyl halides is 1. The van der Waals surface area contributed by atoms with E-state index >= 15 is 0 Å². The van der Waals surface area contributed by atoms with E-state index < -0.39 is 0 Å². The van der Waals surface area contributed by atoms with E-state index in [2.05, 4.69) is 39.6 Å². The third-order valence-electron chi connectivity index (χ3n) is 3.75. The summed E-state index contributed by atoms with van der Waals surface area (Å²) in [6, 6.07) is 0. The number of hydrogen-bond donors (Lipinski definition) is 0. The molecule has 0 saturated carbocycles. The first-order valence-electron chi connectivity index (χ1n) is 6.80. The van der Waals surface area contributed by atoms with Crippen molar-refractivity contribution in [1.29, 1.82) is 0 Å². The first-order chi connectivity index (χ1) is 7.80. The molecule has 1 aliphatic heterocycles. The van der Waals surface area contributed by atoms with Gasteiger partial charge in [-0.2, -0.15) is 0 Å². The lowest BCUT2D eigenvalue weighted by Crippen LogP contribution is -2.34. The van der Waals surface area contributed by atoms with Crippen molar-refractivity contribution < 1.29 is 0 Å². The van der Waals surface area contributed by atoms with Crippen molar-refractivity contribution in [2.45, 2.75) is 33.1 Å². The molecule has 0 atom stereocenters. The van der Waals surface area contributed by atoms with Gasteiger partial charge in [0.1, 0.15) is 0 Å². The van der Waals surface area contributed by atoms with Crippen LogP contribution in [0.5, 0.6) is 0 Å². The minimum Gasteiger partial charge on any atom is -0.302 e. The molecular weight excluding hydrogens is 264 g/mol. The molecule has 0 aromatic carbocycles. The van der Waals surface area contributed by atoms with Crippen molar-refractivity contribution in [3.05, 3.63) is 0 Å². The van der Waals surface area contributed by atoms with Crippen LogP contribution in [-0.2, 0) is 0 Å². The van der Waals surface area contributed by atoms with Gasteiger partial charge in [-0.1, -0.05) is 42.6 Å². The Hall–Kier alpha value is 0.400. The van der Waals surface area contributed by atoms with Crippen LogP contribution in [0.1, 0.15) is 33.1 Å². The summed E-state index contributed by atoms with van der Waals surface area (Å²) < 4.78 is 0. The van der Waals surface area contributed by atoms with Crippen molar-refractivity contribution in [3.63, 3.8) is 0 Å². The van der Waals surface area contributed by atoms with Crippen LogP contribution in [0, 0.1) is 5.92 Å². The molecule has 0 bridgehead atoms. The molecule has 0 amide bonds. The Morgan fingerprint density at radius 3 is 2.25 bits per heavy atom. The summed E-state index contributed by atoms with van der Waals surface area (Å²) in [5, 5.41) is 1.11. The largest absolute Gasteiger partial charge is 0.302 e. The molecule has 16 heavy (non-hydrogen) atoms. The van der Waals surface area contributed by atoms with Gasteiger partial charge in [0, 0.05) is 31.5 Å². The first-order valence-corrected chi connectivity index (χ1v) is 7.93. The lowest BCUT2D eigenvalue weighted by molar-refractivity contribution is 0.224. The van der Waals surface area contributed by atoms with Crippen LogP contribution < -0.4 is 0 Å². The molecule has 0 N–H and O–H groups in total. The molecule has 0 aliphatic carbocycles. The molecule has 0 radical (unpaired) electrons. The molecular formula is C13H27BrN2. The van der Waals surface area contributed by atoms with E-state index in [0.717, 1.165) is 11.2 Å². The predicted molar refractivity (Wildman–Crippen MR) is 75.4 cm³/mol. The van der Waals surface area contributed by atoms with E-state index in [0.29, 0.717) is 0 Å². The summed E-state index contributed by atoms with van der Waals surface area (Å²) in [6.45, 7) is 12.3. The Morgan fingerprint density at radius 1 is 1.00 bits per heavy atom. The van der Waals surface area contributed by atoms with E-state index in [-0.39, 0.29) is 0 Å². The fourth-order valence-corrected chi connectivity index (χ4v) is 2.96. The van der Waals surface area contributed by atoms with Gasteiger partial charge >= 0.3 is 0 Å². The number of halogens is 1. The fourth-order valence-electron chi connectivity index (χ4n) is 2.46. The highest BCUT2D eigenvalue weighted by molar-refractivity contribution is 9.09. The topological polar surface area (TPSA) is 6.48 Å². The van der Waals surface area contributed by atoms with Gasteiger partial charge in [0.25, 0.3) is 0 Å². The Morgan fingerprint density at radius 2 is 1.62 bits per heavy atom. The Kier molecular flexibility index (Phi) is 7.67. The number of rotatable bonds is 6. The quantitative estimate of drug-likeness (QED) is 0.694. The second-order valence-electron chi connectivity index (χ2n) is 4.87. The maximum Gasteiger partial charge on any atom is 0.0159 e. The van der Waals surface area contributed by atoms with E-state index in [1.807, 2.05) is 0 Å². The molecule has 1 saturated heterocycles. The molecule has 0 spiro atoms. The van der Waals surface area contributed by atoms with Crippen molar-refractivity contribution in [3.8, 4) is 0 Å². The van der Waals surface area contributed by atoms with Crippen molar-refractivity contribution in [1.82, 2.24) is 9.80 Å². The van der Waals surface area contributed by atoms with Gasteiger partial charge in [0.05, 0.1) is 0 Å². The molecule has 1 fully saturated rings. The molecule has 1 aliphatic rings. The maximum atomic E-state index is 3.53. The zero-order valence-corrected chi connectivity index (χ0v) is 12.5. The van der Waals surface area contributed by atoms with Crippen molar-refractivity contribution in [2.75, 3.05) is 44.6 Å². The first kappa shape index (κ1) is 14.5. The third kappa shape index (κ3) is 5.15. The average Bonchev–Trinajstić information content (AvgIpc) is 2.52. The van der Waals surface area contributed by atoms with Gasteiger partial charge in [-0.25, -0.2) is 0 Å². The summed E-state index contributed by atoms with van der Waals surface area (Å²) in [5.74, 6) is 0.905. The predicted octanol–water partition coefficient (Wildman–Crippen LogP) is 2.83. The highest BCUT2D eigenvalue weighted by Gasteiger charge is 2.16. The Labute approximate surface area is 109 Å². The Balaban J connectivity index is 2.29. The van der Waals surface area contributed by atoms with E-state index in [4.69, 9.17) is 0 Å². The van der Waals surface area contributed by atoms with Gasteiger partial charge in [0.2, 0.25) is 0 Å². The zero-order chi connectivity index (χ0) is 11.8. The molecule has 1 rings (SSSR count). The molecule has 2 nitrogen and oxygen atoms in total. The fraction of sp³-hybridized carbons (Fsp3) is 1.00. The third-order valence-corrected chi connectivity index (χ3v) is 4.11. The summed E-state index contributed by atoms with van der Waals surface area (Å²) in [6.07, 6.45) is 4.00. The highest BCUT2D eigenvalue weighted by atomic mass is 79.9. The normalized spacial score (nSPS) is 20.2. The van der Waals surface area contributed by atoms with Crippen LogP contribution >= 0.6 is 15.9 Å². The second-order valence-corrected chi connectivity index (χ2v) is 5.66. The maximum absolute atomic E-state index is 3.53. The van der Waals surface area contributed by atoms with Gasteiger partial charge in [-0.15, -0.1) is 0 Å². The van der Waals surface area contributed by atoms with Crippen LogP contribution in [0.25, 0.3) is 0 Å². The average molecular weight is 291 g/mol. The Bertz CT molecular complexity index is 171. The molecule has 0 unspecified atom stereocenters. The molecule has 0 aromatic heterocycles. The van der Waals surface area contributed by atoms with E-state index in [1.54, 1.807) is 0 Å². The van der Waals surface area contributed by atoms with Crippen molar-refractivity contribution >= 4 is 15.9 Å². The highest BCUT2D eigenvalue weighted by Crippen LogP contribution is 2.12. The smallest absolute Gasteiger partial charge is 0.0159 e. The SMILES string of the molecule is CCC(CC)CN1CCCN(CCBr)CC1. The summed E-state index contributed by atoms with van der Waals surface area (Å²) >= 11 is 3.53. The van der Waals surface area contributed by atoms with Crippen molar-refractivity contribution in [2.24, 2.45) is 5.92 Å². The van der Waals surface area contributed by atoms with Crippen LogP contribution in [0.15, 0.2) is 0 Å². The molecule has 0 aromatic rings. The van der Waals surface area contributed by atoms with Crippen LogP contribution in [0.4, 0.5) is 0 Å².